The number of hydrogen-bond donors (Lipinski definition) is 1. The van der Waals surface area contributed by atoms with Gasteiger partial charge in [-0.1, -0.05) is 39.7 Å². The number of ether oxygens (including phenoxy) is 1. The second-order valence-corrected chi connectivity index (χ2v) is 5.56. The van der Waals surface area contributed by atoms with E-state index in [1.165, 1.54) is 0 Å². The van der Waals surface area contributed by atoms with Crippen LogP contribution in [0, 0.1) is 13.8 Å². The van der Waals surface area contributed by atoms with Crippen LogP contribution in [-0.2, 0) is 0 Å². The summed E-state index contributed by atoms with van der Waals surface area (Å²) < 4.78 is 6.26. The van der Waals surface area contributed by atoms with Crippen molar-refractivity contribution in [3.63, 3.8) is 0 Å². The van der Waals surface area contributed by atoms with Gasteiger partial charge in [0.25, 0.3) is 0 Å². The number of aliphatic hydroxyl groups excluding tert-OH is 1. The molecule has 19 heavy (non-hydrogen) atoms. The summed E-state index contributed by atoms with van der Waals surface area (Å²) in [6, 6.07) is 11.7. The Morgan fingerprint density at radius 1 is 1.05 bits per heavy atom. The molecule has 0 aliphatic heterocycles. The van der Waals surface area contributed by atoms with Gasteiger partial charge in [0.05, 0.1) is 7.11 Å². The van der Waals surface area contributed by atoms with Gasteiger partial charge in [-0.15, -0.1) is 0 Å². The van der Waals surface area contributed by atoms with E-state index in [0.717, 1.165) is 26.7 Å². The molecule has 0 fully saturated rings. The zero-order valence-electron chi connectivity index (χ0n) is 11.3. The smallest absolute Gasteiger partial charge is 0.125 e. The lowest BCUT2D eigenvalue weighted by Gasteiger charge is -2.18. The lowest BCUT2D eigenvalue weighted by molar-refractivity contribution is 0.214. The van der Waals surface area contributed by atoms with Gasteiger partial charge in [0.1, 0.15) is 11.9 Å². The van der Waals surface area contributed by atoms with E-state index >= 15 is 0 Å². The van der Waals surface area contributed by atoms with Gasteiger partial charge in [0.2, 0.25) is 0 Å². The Morgan fingerprint density at radius 2 is 1.79 bits per heavy atom. The molecule has 1 N–H and O–H groups in total. The fourth-order valence-electron chi connectivity index (χ4n) is 2.14. The zero-order chi connectivity index (χ0) is 14.0. The zero-order valence-corrected chi connectivity index (χ0v) is 12.9. The van der Waals surface area contributed by atoms with Crippen LogP contribution >= 0.6 is 15.9 Å². The van der Waals surface area contributed by atoms with E-state index in [0.29, 0.717) is 5.75 Å². The predicted molar refractivity (Wildman–Crippen MR) is 80.7 cm³/mol. The third-order valence-corrected chi connectivity index (χ3v) is 3.71. The van der Waals surface area contributed by atoms with E-state index in [9.17, 15) is 5.11 Å². The van der Waals surface area contributed by atoms with Gasteiger partial charge < -0.3 is 9.84 Å². The highest BCUT2D eigenvalue weighted by Gasteiger charge is 2.17. The lowest BCUT2D eigenvalue weighted by atomic mass is 9.95. The van der Waals surface area contributed by atoms with E-state index < -0.39 is 6.10 Å². The van der Waals surface area contributed by atoms with Crippen LogP contribution in [0.15, 0.2) is 40.9 Å². The summed E-state index contributed by atoms with van der Waals surface area (Å²) in [4.78, 5) is 0. The van der Waals surface area contributed by atoms with Crippen molar-refractivity contribution < 1.29 is 9.84 Å². The molecular weight excluding hydrogens is 304 g/mol. The van der Waals surface area contributed by atoms with E-state index in [2.05, 4.69) is 15.9 Å². The molecule has 0 bridgehead atoms. The molecule has 0 aliphatic carbocycles. The third kappa shape index (κ3) is 2.99. The van der Waals surface area contributed by atoms with Crippen molar-refractivity contribution in [3.05, 3.63) is 63.1 Å². The topological polar surface area (TPSA) is 29.5 Å². The summed E-state index contributed by atoms with van der Waals surface area (Å²) in [5.41, 5.74) is 3.88. The van der Waals surface area contributed by atoms with Crippen molar-refractivity contribution >= 4 is 15.9 Å². The van der Waals surface area contributed by atoms with E-state index in [4.69, 9.17) is 4.74 Å². The van der Waals surface area contributed by atoms with Crippen molar-refractivity contribution in [2.45, 2.75) is 20.0 Å². The first-order valence-corrected chi connectivity index (χ1v) is 6.91. The van der Waals surface area contributed by atoms with Gasteiger partial charge in [-0.05, 0) is 43.2 Å². The van der Waals surface area contributed by atoms with E-state index in [1.54, 1.807) is 7.11 Å². The first kappa shape index (κ1) is 14.1. The maximum Gasteiger partial charge on any atom is 0.125 e. The molecule has 2 rings (SSSR count). The Labute approximate surface area is 122 Å². The number of aliphatic hydroxyl groups is 1. The molecule has 0 aliphatic rings. The fourth-order valence-corrected chi connectivity index (χ4v) is 2.52. The fraction of sp³-hybridized carbons (Fsp3) is 0.250. The highest BCUT2D eigenvalue weighted by atomic mass is 79.9. The largest absolute Gasteiger partial charge is 0.496 e. The van der Waals surface area contributed by atoms with Crippen molar-refractivity contribution in [1.29, 1.82) is 0 Å². The molecule has 100 valence electrons. The molecule has 2 aromatic rings. The number of benzene rings is 2. The second-order valence-electron chi connectivity index (χ2n) is 4.65. The molecule has 1 atom stereocenters. The average molecular weight is 321 g/mol. The Morgan fingerprint density at radius 3 is 2.47 bits per heavy atom. The minimum Gasteiger partial charge on any atom is -0.496 e. The number of methoxy groups -OCH3 is 1. The van der Waals surface area contributed by atoms with Crippen molar-refractivity contribution in [3.8, 4) is 5.75 Å². The first-order chi connectivity index (χ1) is 9.02. The predicted octanol–water partition coefficient (Wildman–Crippen LogP) is 4.16. The van der Waals surface area contributed by atoms with Crippen LogP contribution in [0.3, 0.4) is 0 Å². The van der Waals surface area contributed by atoms with Crippen LogP contribution in [0.2, 0.25) is 0 Å². The third-order valence-electron chi connectivity index (χ3n) is 3.22. The van der Waals surface area contributed by atoms with Crippen molar-refractivity contribution in [2.75, 3.05) is 7.11 Å². The van der Waals surface area contributed by atoms with Crippen molar-refractivity contribution in [1.82, 2.24) is 0 Å². The molecule has 1 unspecified atom stereocenters. The van der Waals surface area contributed by atoms with Gasteiger partial charge in [0, 0.05) is 10.0 Å². The average Bonchev–Trinajstić information content (AvgIpc) is 2.40. The molecule has 0 saturated heterocycles. The number of aryl methyl sites for hydroxylation is 2. The van der Waals surface area contributed by atoms with Gasteiger partial charge in [0.15, 0.2) is 0 Å². The Balaban J connectivity index is 2.51. The summed E-state index contributed by atoms with van der Waals surface area (Å²) in [6.07, 6.45) is -0.688. The van der Waals surface area contributed by atoms with Crippen LogP contribution in [0.4, 0.5) is 0 Å². The summed E-state index contributed by atoms with van der Waals surface area (Å²) in [5.74, 6) is 0.691. The molecule has 0 saturated carbocycles. The maximum atomic E-state index is 10.6. The first-order valence-electron chi connectivity index (χ1n) is 6.11. The summed E-state index contributed by atoms with van der Waals surface area (Å²) in [6.45, 7) is 4.02. The molecule has 0 amide bonds. The second kappa shape index (κ2) is 5.76. The van der Waals surface area contributed by atoms with E-state index in [1.807, 2.05) is 50.2 Å². The van der Waals surface area contributed by atoms with Crippen LogP contribution in [0.25, 0.3) is 0 Å². The number of hydrogen-bond acceptors (Lipinski definition) is 2. The normalized spacial score (nSPS) is 12.3. The monoisotopic (exact) mass is 320 g/mol. The molecule has 3 heteroatoms. The molecular formula is C16H17BrO2. The van der Waals surface area contributed by atoms with Gasteiger partial charge in [-0.25, -0.2) is 0 Å². The Kier molecular flexibility index (Phi) is 4.27. The van der Waals surface area contributed by atoms with Gasteiger partial charge in [-0.3, -0.25) is 0 Å². The van der Waals surface area contributed by atoms with Gasteiger partial charge >= 0.3 is 0 Å². The SMILES string of the molecule is COc1ccc(Br)cc1C(O)c1cc(C)ccc1C. The molecule has 0 aromatic heterocycles. The molecule has 2 nitrogen and oxygen atoms in total. The van der Waals surface area contributed by atoms with Crippen LogP contribution < -0.4 is 4.74 Å². The molecule has 0 radical (unpaired) electrons. The van der Waals surface area contributed by atoms with Crippen LogP contribution in [0.5, 0.6) is 5.75 Å². The summed E-state index contributed by atoms with van der Waals surface area (Å²) >= 11 is 3.43. The quantitative estimate of drug-likeness (QED) is 0.920. The minimum atomic E-state index is -0.688. The maximum absolute atomic E-state index is 10.6. The summed E-state index contributed by atoms with van der Waals surface area (Å²) in [7, 11) is 1.61. The number of rotatable bonds is 3. The highest BCUT2D eigenvalue weighted by Crippen LogP contribution is 2.33. The molecule has 0 spiro atoms. The van der Waals surface area contributed by atoms with Crippen LogP contribution in [-0.4, -0.2) is 12.2 Å². The van der Waals surface area contributed by atoms with Crippen molar-refractivity contribution in [2.24, 2.45) is 0 Å². The van der Waals surface area contributed by atoms with Crippen LogP contribution in [0.1, 0.15) is 28.4 Å². The lowest BCUT2D eigenvalue weighted by Crippen LogP contribution is -2.04. The standard InChI is InChI=1S/C16H17BrO2/c1-10-4-5-11(2)13(8-10)16(18)14-9-12(17)6-7-15(14)19-3/h4-9,16,18H,1-3H3. The Bertz CT molecular complexity index is 593. The van der Waals surface area contributed by atoms with E-state index in [-0.39, 0.29) is 0 Å². The summed E-state index contributed by atoms with van der Waals surface area (Å²) in [5, 5.41) is 10.6. The molecule has 2 aromatic carbocycles. The highest BCUT2D eigenvalue weighted by molar-refractivity contribution is 9.10. The number of halogens is 1. The minimum absolute atomic E-state index is 0.688. The molecule has 0 heterocycles. The Hall–Kier alpha value is -1.32. The van der Waals surface area contributed by atoms with Gasteiger partial charge in [-0.2, -0.15) is 0 Å².